The molecular formula is C13H19N3O2. The number of hydrogen-bond donors (Lipinski definition) is 3. The summed E-state index contributed by atoms with van der Waals surface area (Å²) in [5.41, 5.74) is 7.19. The van der Waals surface area contributed by atoms with Gasteiger partial charge in [-0.15, -0.1) is 0 Å². The maximum Gasteiger partial charge on any atom is 0.319 e. The first-order valence-electron chi connectivity index (χ1n) is 6.17. The highest BCUT2D eigenvalue weighted by Gasteiger charge is 2.19. The van der Waals surface area contributed by atoms with E-state index >= 15 is 0 Å². The molecule has 0 bridgehead atoms. The van der Waals surface area contributed by atoms with Crippen LogP contribution in [0.1, 0.15) is 24.8 Å². The third-order valence-electron chi connectivity index (χ3n) is 3.19. The second kappa shape index (κ2) is 5.73. The summed E-state index contributed by atoms with van der Waals surface area (Å²) in [6.07, 6.45) is 3.33. The van der Waals surface area contributed by atoms with E-state index in [0.717, 1.165) is 18.4 Å². The Morgan fingerprint density at radius 1 is 1.50 bits per heavy atom. The number of ether oxygens (including phenoxy) is 1. The fourth-order valence-corrected chi connectivity index (χ4v) is 1.86. The number of carbonyl (C=O) groups excluding carboxylic acids is 1. The van der Waals surface area contributed by atoms with E-state index < -0.39 is 0 Å². The van der Waals surface area contributed by atoms with Gasteiger partial charge in [0.05, 0.1) is 12.8 Å². The number of nitrogens with two attached hydrogens (primary N) is 1. The Labute approximate surface area is 107 Å². The average molecular weight is 249 g/mol. The normalized spacial score (nSPS) is 14.8. The number of nitrogens with one attached hydrogen (secondary N) is 2. The van der Waals surface area contributed by atoms with Crippen LogP contribution in [0.5, 0.6) is 5.75 Å². The van der Waals surface area contributed by atoms with Gasteiger partial charge in [-0.3, -0.25) is 0 Å². The van der Waals surface area contributed by atoms with Crippen LogP contribution in [-0.4, -0.2) is 19.2 Å². The van der Waals surface area contributed by atoms with Crippen LogP contribution in [0.2, 0.25) is 0 Å². The summed E-state index contributed by atoms with van der Waals surface area (Å²) in [7, 11) is 1.57. The molecule has 1 aromatic carbocycles. The lowest BCUT2D eigenvalue weighted by atomic mass is 9.93. The van der Waals surface area contributed by atoms with Gasteiger partial charge in [0.25, 0.3) is 0 Å². The van der Waals surface area contributed by atoms with Crippen molar-refractivity contribution < 1.29 is 9.53 Å². The molecule has 98 valence electrons. The van der Waals surface area contributed by atoms with Gasteiger partial charge >= 0.3 is 6.03 Å². The van der Waals surface area contributed by atoms with E-state index in [9.17, 15) is 4.79 Å². The molecular weight excluding hydrogens is 230 g/mol. The van der Waals surface area contributed by atoms with Crippen LogP contribution in [0, 0.1) is 0 Å². The van der Waals surface area contributed by atoms with Crippen LogP contribution in [0.25, 0.3) is 0 Å². The molecule has 1 aromatic rings. The number of amides is 2. The zero-order chi connectivity index (χ0) is 13.0. The summed E-state index contributed by atoms with van der Waals surface area (Å²) in [6.45, 7) is 0.449. The molecule has 0 aliphatic heterocycles. The number of hydrogen-bond acceptors (Lipinski definition) is 3. The zero-order valence-corrected chi connectivity index (χ0v) is 10.5. The third-order valence-corrected chi connectivity index (χ3v) is 3.19. The molecule has 2 amide bonds. The summed E-state index contributed by atoms with van der Waals surface area (Å²) in [4.78, 5) is 11.7. The van der Waals surface area contributed by atoms with Crippen molar-refractivity contribution in [2.45, 2.75) is 31.8 Å². The van der Waals surface area contributed by atoms with Crippen molar-refractivity contribution >= 4 is 11.7 Å². The van der Waals surface area contributed by atoms with Gasteiger partial charge in [0.2, 0.25) is 0 Å². The van der Waals surface area contributed by atoms with Crippen molar-refractivity contribution in [3.63, 3.8) is 0 Å². The molecule has 2 rings (SSSR count). The van der Waals surface area contributed by atoms with Gasteiger partial charge in [0, 0.05) is 12.6 Å². The Morgan fingerprint density at radius 2 is 2.28 bits per heavy atom. The van der Waals surface area contributed by atoms with Crippen LogP contribution >= 0.6 is 0 Å². The number of anilines is 1. The van der Waals surface area contributed by atoms with Crippen molar-refractivity contribution in [1.29, 1.82) is 0 Å². The highest BCUT2D eigenvalue weighted by molar-refractivity contribution is 5.91. The molecule has 1 aliphatic carbocycles. The first kappa shape index (κ1) is 12.7. The van der Waals surface area contributed by atoms with Crippen LogP contribution < -0.4 is 21.1 Å². The number of rotatable bonds is 4. The Balaban J connectivity index is 2.00. The lowest BCUT2D eigenvalue weighted by molar-refractivity contribution is 0.240. The number of urea groups is 1. The minimum Gasteiger partial charge on any atom is -0.495 e. The van der Waals surface area contributed by atoms with E-state index in [1.165, 1.54) is 6.42 Å². The van der Waals surface area contributed by atoms with Crippen molar-refractivity contribution in [1.82, 2.24) is 5.32 Å². The molecule has 1 fully saturated rings. The summed E-state index contributed by atoms with van der Waals surface area (Å²) < 4.78 is 5.24. The number of benzene rings is 1. The first-order chi connectivity index (χ1) is 8.72. The quantitative estimate of drug-likeness (QED) is 0.762. The summed E-state index contributed by atoms with van der Waals surface area (Å²) in [5, 5.41) is 5.71. The Morgan fingerprint density at radius 3 is 2.83 bits per heavy atom. The highest BCUT2D eigenvalue weighted by atomic mass is 16.5. The monoisotopic (exact) mass is 249 g/mol. The van der Waals surface area contributed by atoms with E-state index in [-0.39, 0.29) is 6.03 Å². The van der Waals surface area contributed by atoms with Gasteiger partial charge in [-0.05, 0) is 37.0 Å². The Bertz CT molecular complexity index is 430. The van der Waals surface area contributed by atoms with Gasteiger partial charge < -0.3 is 21.1 Å². The first-order valence-corrected chi connectivity index (χ1v) is 6.17. The van der Waals surface area contributed by atoms with Gasteiger partial charge in [-0.25, -0.2) is 4.79 Å². The molecule has 18 heavy (non-hydrogen) atoms. The second-order valence-corrected chi connectivity index (χ2v) is 4.47. The van der Waals surface area contributed by atoms with E-state index in [1.807, 2.05) is 12.1 Å². The van der Waals surface area contributed by atoms with Crippen LogP contribution in [0.3, 0.4) is 0 Å². The number of carbonyl (C=O) groups is 1. The maximum absolute atomic E-state index is 11.7. The molecule has 0 spiro atoms. The minimum absolute atomic E-state index is 0.182. The summed E-state index contributed by atoms with van der Waals surface area (Å²) in [5.74, 6) is 0.627. The Hall–Kier alpha value is -1.75. The number of methoxy groups -OCH3 is 1. The average Bonchev–Trinajstić information content (AvgIpc) is 2.34. The second-order valence-electron chi connectivity index (χ2n) is 4.47. The molecule has 0 heterocycles. The van der Waals surface area contributed by atoms with Crippen LogP contribution in [-0.2, 0) is 6.54 Å². The van der Waals surface area contributed by atoms with E-state index in [1.54, 1.807) is 13.2 Å². The molecule has 0 radical (unpaired) electrons. The van der Waals surface area contributed by atoms with Crippen LogP contribution in [0.15, 0.2) is 18.2 Å². The lowest BCUT2D eigenvalue weighted by Gasteiger charge is -2.26. The summed E-state index contributed by atoms with van der Waals surface area (Å²) >= 11 is 0. The molecule has 0 aromatic heterocycles. The molecule has 0 saturated heterocycles. The van der Waals surface area contributed by atoms with Crippen molar-refractivity contribution in [2.75, 3.05) is 12.4 Å². The third kappa shape index (κ3) is 2.92. The Kier molecular flexibility index (Phi) is 4.04. The fourth-order valence-electron chi connectivity index (χ4n) is 1.86. The SMILES string of the molecule is COc1cc(CN)ccc1NC(=O)NC1CCC1. The van der Waals surface area contributed by atoms with Gasteiger partial charge in [-0.2, -0.15) is 0 Å². The smallest absolute Gasteiger partial charge is 0.319 e. The molecule has 1 aliphatic rings. The fraction of sp³-hybridized carbons (Fsp3) is 0.462. The molecule has 5 nitrogen and oxygen atoms in total. The standard InChI is InChI=1S/C13H19N3O2/c1-18-12-7-9(8-14)5-6-11(12)16-13(17)15-10-3-2-4-10/h5-7,10H,2-4,8,14H2,1H3,(H2,15,16,17). The van der Waals surface area contributed by atoms with Gasteiger partial charge in [0.1, 0.15) is 5.75 Å². The zero-order valence-electron chi connectivity index (χ0n) is 10.5. The van der Waals surface area contributed by atoms with Crippen molar-refractivity contribution in [2.24, 2.45) is 5.73 Å². The predicted octanol–water partition coefficient (Wildman–Crippen LogP) is 1.83. The molecule has 0 atom stereocenters. The van der Waals surface area contributed by atoms with E-state index in [4.69, 9.17) is 10.5 Å². The molecule has 5 heteroatoms. The van der Waals surface area contributed by atoms with Crippen molar-refractivity contribution in [3.8, 4) is 5.75 Å². The summed E-state index contributed by atoms with van der Waals surface area (Å²) in [6, 6.07) is 5.65. The largest absolute Gasteiger partial charge is 0.495 e. The van der Waals surface area contributed by atoms with E-state index in [0.29, 0.717) is 24.0 Å². The molecule has 0 unspecified atom stereocenters. The molecule has 4 N–H and O–H groups in total. The van der Waals surface area contributed by atoms with Gasteiger partial charge in [0.15, 0.2) is 0 Å². The van der Waals surface area contributed by atoms with Crippen LogP contribution in [0.4, 0.5) is 10.5 Å². The minimum atomic E-state index is -0.182. The predicted molar refractivity (Wildman–Crippen MR) is 70.7 cm³/mol. The van der Waals surface area contributed by atoms with Crippen molar-refractivity contribution in [3.05, 3.63) is 23.8 Å². The highest BCUT2D eigenvalue weighted by Crippen LogP contribution is 2.25. The maximum atomic E-state index is 11.7. The lowest BCUT2D eigenvalue weighted by Crippen LogP contribution is -2.41. The van der Waals surface area contributed by atoms with E-state index in [2.05, 4.69) is 10.6 Å². The topological polar surface area (TPSA) is 76.4 Å². The molecule has 1 saturated carbocycles. The van der Waals surface area contributed by atoms with Gasteiger partial charge in [-0.1, -0.05) is 6.07 Å².